The van der Waals surface area contributed by atoms with Crippen molar-refractivity contribution in [1.29, 1.82) is 0 Å². The van der Waals surface area contributed by atoms with E-state index in [1.807, 2.05) is 91.9 Å². The van der Waals surface area contributed by atoms with E-state index in [1.54, 1.807) is 6.92 Å². The van der Waals surface area contributed by atoms with E-state index >= 15 is 0 Å². The summed E-state index contributed by atoms with van der Waals surface area (Å²) in [4.78, 5) is 16.5. The molecule has 3 aromatic rings. The fraction of sp³-hybridized carbons (Fsp3) is 0.192. The van der Waals surface area contributed by atoms with E-state index in [2.05, 4.69) is 4.99 Å². The standard InChI is InChI=1S/C26H24N2O3/c1-18-24(21-13-7-4-8-14-21)25(26(28(29)30)19(2)27-18)22-15-9-10-16-23(22)31-17-20-11-5-3-6-12-20/h3-16,25-26H,17H2,1-2H3. The molecular weight excluding hydrogens is 388 g/mol. The summed E-state index contributed by atoms with van der Waals surface area (Å²) in [5.74, 6) is 0.154. The number of nitrogens with zero attached hydrogens (tertiary/aromatic N) is 2. The minimum absolute atomic E-state index is 0.229. The largest absolute Gasteiger partial charge is 0.489 e. The summed E-state index contributed by atoms with van der Waals surface area (Å²) in [6.45, 7) is 4.05. The number of nitro groups is 1. The van der Waals surface area contributed by atoms with Crippen LogP contribution < -0.4 is 4.74 Å². The lowest BCUT2D eigenvalue weighted by molar-refractivity contribution is -0.504. The van der Waals surface area contributed by atoms with Gasteiger partial charge in [0.2, 0.25) is 0 Å². The van der Waals surface area contributed by atoms with Crippen molar-refractivity contribution in [2.24, 2.45) is 4.99 Å². The lowest BCUT2D eigenvalue weighted by Gasteiger charge is -2.30. The number of allylic oxidation sites excluding steroid dienone is 1. The molecular formula is C26H24N2O3. The van der Waals surface area contributed by atoms with E-state index in [9.17, 15) is 10.1 Å². The predicted octanol–water partition coefficient (Wildman–Crippen LogP) is 5.90. The van der Waals surface area contributed by atoms with Crippen LogP contribution in [0.2, 0.25) is 0 Å². The van der Waals surface area contributed by atoms with Gasteiger partial charge in [-0.2, -0.15) is 0 Å². The van der Waals surface area contributed by atoms with Crippen molar-refractivity contribution in [2.75, 3.05) is 0 Å². The van der Waals surface area contributed by atoms with Gasteiger partial charge in [0.15, 0.2) is 0 Å². The van der Waals surface area contributed by atoms with Gasteiger partial charge >= 0.3 is 0 Å². The Labute approximate surface area is 181 Å². The monoisotopic (exact) mass is 412 g/mol. The number of hydrogen-bond acceptors (Lipinski definition) is 4. The Kier molecular flexibility index (Phi) is 5.94. The third kappa shape index (κ3) is 4.26. The first kappa shape index (κ1) is 20.5. The van der Waals surface area contributed by atoms with Crippen molar-refractivity contribution < 1.29 is 9.66 Å². The molecule has 1 heterocycles. The van der Waals surface area contributed by atoms with E-state index < -0.39 is 12.0 Å². The van der Waals surface area contributed by atoms with Crippen LogP contribution in [0.4, 0.5) is 0 Å². The van der Waals surface area contributed by atoms with Gasteiger partial charge < -0.3 is 4.74 Å². The third-order valence-corrected chi connectivity index (χ3v) is 5.59. The van der Waals surface area contributed by atoms with Gasteiger partial charge in [-0.25, -0.2) is 0 Å². The first-order chi connectivity index (χ1) is 15.1. The van der Waals surface area contributed by atoms with Crippen LogP contribution in [0, 0.1) is 10.1 Å². The maximum absolute atomic E-state index is 12.2. The molecule has 0 bridgehead atoms. The summed E-state index contributed by atoms with van der Waals surface area (Å²) < 4.78 is 6.17. The molecule has 31 heavy (non-hydrogen) atoms. The summed E-state index contributed by atoms with van der Waals surface area (Å²) in [6.07, 6.45) is 0. The number of hydrogen-bond donors (Lipinski definition) is 0. The van der Waals surface area contributed by atoms with Crippen LogP contribution in [0.5, 0.6) is 5.75 Å². The molecule has 4 rings (SSSR count). The predicted molar refractivity (Wildman–Crippen MR) is 123 cm³/mol. The highest BCUT2D eigenvalue weighted by Gasteiger charge is 2.43. The highest BCUT2D eigenvalue weighted by Crippen LogP contribution is 2.44. The Morgan fingerprint density at radius 3 is 2.19 bits per heavy atom. The first-order valence-corrected chi connectivity index (χ1v) is 10.3. The Balaban J connectivity index is 1.81. The van der Waals surface area contributed by atoms with Gasteiger partial charge in [0, 0.05) is 16.2 Å². The molecule has 0 N–H and O–H groups in total. The Morgan fingerprint density at radius 1 is 0.903 bits per heavy atom. The van der Waals surface area contributed by atoms with Crippen LogP contribution in [-0.4, -0.2) is 16.7 Å². The zero-order valence-corrected chi connectivity index (χ0v) is 17.6. The van der Waals surface area contributed by atoms with Crippen molar-refractivity contribution in [3.63, 3.8) is 0 Å². The minimum Gasteiger partial charge on any atom is -0.489 e. The summed E-state index contributed by atoms with van der Waals surface area (Å²) in [7, 11) is 0. The highest BCUT2D eigenvalue weighted by atomic mass is 16.6. The number of para-hydroxylation sites is 1. The van der Waals surface area contributed by atoms with Gasteiger partial charge in [-0.1, -0.05) is 78.9 Å². The molecule has 1 aliphatic rings. The van der Waals surface area contributed by atoms with Crippen LogP contribution in [0.3, 0.4) is 0 Å². The zero-order valence-electron chi connectivity index (χ0n) is 17.6. The van der Waals surface area contributed by atoms with Crippen LogP contribution in [-0.2, 0) is 6.61 Å². The first-order valence-electron chi connectivity index (χ1n) is 10.3. The molecule has 2 atom stereocenters. The zero-order chi connectivity index (χ0) is 21.8. The summed E-state index contributed by atoms with van der Waals surface area (Å²) in [5.41, 5.74) is 4.94. The van der Waals surface area contributed by atoms with Crippen molar-refractivity contribution in [1.82, 2.24) is 0 Å². The van der Waals surface area contributed by atoms with Crippen LogP contribution >= 0.6 is 0 Å². The Morgan fingerprint density at radius 2 is 1.52 bits per heavy atom. The number of ether oxygens (including phenoxy) is 1. The maximum atomic E-state index is 12.2. The molecule has 156 valence electrons. The average Bonchev–Trinajstić information content (AvgIpc) is 2.78. The highest BCUT2D eigenvalue weighted by molar-refractivity contribution is 5.95. The molecule has 0 amide bonds. The third-order valence-electron chi connectivity index (χ3n) is 5.59. The molecule has 5 nitrogen and oxygen atoms in total. The second-order valence-corrected chi connectivity index (χ2v) is 7.64. The molecule has 3 aromatic carbocycles. The molecule has 0 aliphatic carbocycles. The second kappa shape index (κ2) is 8.96. The van der Waals surface area contributed by atoms with Gasteiger partial charge in [0.25, 0.3) is 6.04 Å². The van der Waals surface area contributed by atoms with Gasteiger partial charge in [0.05, 0.1) is 11.6 Å². The summed E-state index contributed by atoms with van der Waals surface area (Å²) >= 11 is 0. The van der Waals surface area contributed by atoms with Crippen molar-refractivity contribution in [3.8, 4) is 5.75 Å². The molecule has 0 radical (unpaired) electrons. The summed E-state index contributed by atoms with van der Waals surface area (Å²) in [5, 5.41) is 12.2. The van der Waals surface area contributed by atoms with Gasteiger partial charge in [-0.15, -0.1) is 0 Å². The van der Waals surface area contributed by atoms with Crippen LogP contribution in [0.15, 0.2) is 95.6 Å². The number of benzene rings is 3. The van der Waals surface area contributed by atoms with Crippen molar-refractivity contribution in [3.05, 3.63) is 117 Å². The van der Waals surface area contributed by atoms with E-state index in [0.29, 0.717) is 18.1 Å². The van der Waals surface area contributed by atoms with E-state index in [4.69, 9.17) is 4.74 Å². The second-order valence-electron chi connectivity index (χ2n) is 7.64. The van der Waals surface area contributed by atoms with Crippen LogP contribution in [0.25, 0.3) is 5.57 Å². The average molecular weight is 412 g/mol. The molecule has 0 aromatic heterocycles. The van der Waals surface area contributed by atoms with E-state index in [-0.39, 0.29) is 4.92 Å². The van der Waals surface area contributed by atoms with Gasteiger partial charge in [-0.05, 0) is 36.6 Å². The smallest absolute Gasteiger partial charge is 0.261 e. The fourth-order valence-corrected chi connectivity index (χ4v) is 4.23. The van der Waals surface area contributed by atoms with E-state index in [1.165, 1.54) is 0 Å². The normalized spacial score (nSPS) is 18.5. The molecule has 0 saturated heterocycles. The van der Waals surface area contributed by atoms with Gasteiger partial charge in [-0.3, -0.25) is 15.1 Å². The summed E-state index contributed by atoms with van der Waals surface area (Å²) in [6, 6.07) is 26.3. The van der Waals surface area contributed by atoms with E-state index in [0.717, 1.165) is 28.0 Å². The quantitative estimate of drug-likeness (QED) is 0.374. The molecule has 0 spiro atoms. The Bertz CT molecular complexity index is 1140. The maximum Gasteiger partial charge on any atom is 0.261 e. The molecule has 0 saturated carbocycles. The lowest BCUT2D eigenvalue weighted by Crippen LogP contribution is -2.37. The fourth-order valence-electron chi connectivity index (χ4n) is 4.23. The SMILES string of the molecule is CC1=NC(C)=C(c2ccccc2)C(c2ccccc2OCc2ccccc2)C1[N+](=O)[O-]. The molecule has 1 aliphatic heterocycles. The van der Waals surface area contributed by atoms with Gasteiger partial charge in [0.1, 0.15) is 12.4 Å². The number of aliphatic imine (C=N–C) groups is 1. The molecule has 5 heteroatoms. The molecule has 0 fully saturated rings. The van der Waals surface area contributed by atoms with Crippen LogP contribution in [0.1, 0.15) is 36.5 Å². The minimum atomic E-state index is -0.958. The van der Waals surface area contributed by atoms with Crippen molar-refractivity contribution in [2.45, 2.75) is 32.4 Å². The number of rotatable bonds is 6. The molecule has 2 unspecified atom stereocenters. The Hall–Kier alpha value is -3.73. The topological polar surface area (TPSA) is 64.7 Å². The lowest BCUT2D eigenvalue weighted by atomic mass is 9.77. The van der Waals surface area contributed by atoms with Crippen molar-refractivity contribution >= 4 is 11.3 Å².